The predicted octanol–water partition coefficient (Wildman–Crippen LogP) is 1.92. The summed E-state index contributed by atoms with van der Waals surface area (Å²) in [6.45, 7) is 5.06. The lowest BCUT2D eigenvalue weighted by Gasteiger charge is -2.25. The molecule has 1 amide bonds. The van der Waals surface area contributed by atoms with E-state index in [0.717, 1.165) is 6.54 Å². The van der Waals surface area contributed by atoms with Crippen LogP contribution in [-0.4, -0.2) is 37.0 Å². The van der Waals surface area contributed by atoms with Gasteiger partial charge in [-0.05, 0) is 33.2 Å². The number of carbonyl (C=O) groups excluding carboxylic acids is 1. The number of nitrogens with zero attached hydrogens (tertiary/aromatic N) is 2. The molecule has 0 aromatic heterocycles. The molecule has 1 N–H and O–H groups in total. The monoisotopic (exact) mass is 251 g/mol. The molecule has 1 rings (SSSR count). The van der Waals surface area contributed by atoms with Crippen LogP contribution in [0.2, 0.25) is 0 Å². The fourth-order valence-electron chi connectivity index (χ4n) is 2.36. The Morgan fingerprint density at radius 3 is 2.61 bits per heavy atom. The zero-order chi connectivity index (χ0) is 13.6. The van der Waals surface area contributed by atoms with E-state index in [4.69, 9.17) is 5.26 Å². The molecule has 0 spiro atoms. The number of hydrogen-bond donors (Lipinski definition) is 1. The number of nitriles is 1. The van der Waals surface area contributed by atoms with Crippen molar-refractivity contribution >= 4 is 5.91 Å². The first-order valence-corrected chi connectivity index (χ1v) is 6.93. The van der Waals surface area contributed by atoms with Crippen LogP contribution in [0, 0.1) is 16.7 Å². The third-order valence-corrected chi connectivity index (χ3v) is 4.15. The molecule has 1 saturated carbocycles. The van der Waals surface area contributed by atoms with Crippen LogP contribution >= 0.6 is 0 Å². The van der Waals surface area contributed by atoms with Crippen LogP contribution in [0.5, 0.6) is 0 Å². The van der Waals surface area contributed by atoms with Crippen molar-refractivity contribution in [3.8, 4) is 6.07 Å². The third kappa shape index (κ3) is 3.71. The van der Waals surface area contributed by atoms with E-state index in [0.29, 0.717) is 19.0 Å². The average molecular weight is 251 g/mol. The van der Waals surface area contributed by atoms with E-state index < -0.39 is 5.41 Å². The van der Waals surface area contributed by atoms with Crippen LogP contribution in [-0.2, 0) is 4.79 Å². The van der Waals surface area contributed by atoms with E-state index in [1.807, 2.05) is 6.92 Å². The number of nitrogens with one attached hydrogen (secondary N) is 1. The van der Waals surface area contributed by atoms with Gasteiger partial charge in [0.1, 0.15) is 5.41 Å². The van der Waals surface area contributed by atoms with Gasteiger partial charge in [-0.1, -0.05) is 19.8 Å². The van der Waals surface area contributed by atoms with Crippen molar-refractivity contribution in [2.24, 2.45) is 5.41 Å². The molecule has 0 saturated heterocycles. The van der Waals surface area contributed by atoms with Gasteiger partial charge >= 0.3 is 0 Å². The van der Waals surface area contributed by atoms with E-state index >= 15 is 0 Å². The van der Waals surface area contributed by atoms with Crippen LogP contribution in [0.3, 0.4) is 0 Å². The SMILES string of the molecule is CCC(C)(C#N)C(=O)NCCN(C)C1CCCC1. The minimum atomic E-state index is -0.883. The van der Waals surface area contributed by atoms with E-state index in [1.165, 1.54) is 25.7 Å². The lowest BCUT2D eigenvalue weighted by molar-refractivity contribution is -0.127. The number of likely N-dealkylation sites (N-methyl/N-ethyl adjacent to an activating group) is 1. The molecule has 0 aliphatic heterocycles. The Morgan fingerprint density at radius 2 is 2.11 bits per heavy atom. The van der Waals surface area contributed by atoms with Crippen molar-refractivity contribution in [2.45, 2.75) is 52.0 Å². The highest BCUT2D eigenvalue weighted by atomic mass is 16.2. The van der Waals surface area contributed by atoms with Crippen LogP contribution in [0.1, 0.15) is 46.0 Å². The standard InChI is InChI=1S/C14H25N3O/c1-4-14(2,11-15)13(18)16-9-10-17(3)12-7-5-6-8-12/h12H,4-10H2,1-3H3,(H,16,18). The second kappa shape index (κ2) is 6.75. The summed E-state index contributed by atoms with van der Waals surface area (Å²) in [4.78, 5) is 14.2. The van der Waals surface area contributed by atoms with Gasteiger partial charge in [0.25, 0.3) is 0 Å². The summed E-state index contributed by atoms with van der Waals surface area (Å²) in [5, 5.41) is 11.9. The number of amides is 1. The van der Waals surface area contributed by atoms with Gasteiger partial charge in [0.15, 0.2) is 0 Å². The molecule has 1 aliphatic carbocycles. The van der Waals surface area contributed by atoms with Crippen molar-refractivity contribution in [1.29, 1.82) is 5.26 Å². The minimum Gasteiger partial charge on any atom is -0.353 e. The Labute approximate surface area is 110 Å². The average Bonchev–Trinajstić information content (AvgIpc) is 2.91. The molecule has 4 heteroatoms. The van der Waals surface area contributed by atoms with Crippen LogP contribution in [0.4, 0.5) is 0 Å². The summed E-state index contributed by atoms with van der Waals surface area (Å²) in [5.41, 5.74) is -0.883. The fourth-order valence-corrected chi connectivity index (χ4v) is 2.36. The summed E-state index contributed by atoms with van der Waals surface area (Å²) < 4.78 is 0. The van der Waals surface area contributed by atoms with Gasteiger partial charge in [0, 0.05) is 19.1 Å². The van der Waals surface area contributed by atoms with Crippen molar-refractivity contribution in [3.63, 3.8) is 0 Å². The van der Waals surface area contributed by atoms with Gasteiger partial charge in [-0.3, -0.25) is 4.79 Å². The Bertz CT molecular complexity index is 317. The maximum absolute atomic E-state index is 11.9. The second-order valence-corrected chi connectivity index (χ2v) is 5.47. The maximum Gasteiger partial charge on any atom is 0.240 e. The highest BCUT2D eigenvalue weighted by Gasteiger charge is 2.30. The topological polar surface area (TPSA) is 56.1 Å². The van der Waals surface area contributed by atoms with Gasteiger partial charge < -0.3 is 10.2 Å². The van der Waals surface area contributed by atoms with E-state index in [-0.39, 0.29) is 5.91 Å². The normalized spacial score (nSPS) is 19.5. The zero-order valence-electron chi connectivity index (χ0n) is 11.8. The molecule has 1 aliphatic rings. The number of carbonyl (C=O) groups is 1. The van der Waals surface area contributed by atoms with E-state index in [1.54, 1.807) is 6.92 Å². The molecule has 0 aromatic rings. The first-order valence-electron chi connectivity index (χ1n) is 6.93. The minimum absolute atomic E-state index is 0.146. The Kier molecular flexibility index (Phi) is 5.61. The fraction of sp³-hybridized carbons (Fsp3) is 0.857. The van der Waals surface area contributed by atoms with Crippen LogP contribution in [0.25, 0.3) is 0 Å². The zero-order valence-corrected chi connectivity index (χ0v) is 11.8. The molecule has 102 valence electrons. The molecule has 1 unspecified atom stereocenters. The second-order valence-electron chi connectivity index (χ2n) is 5.47. The molecule has 4 nitrogen and oxygen atoms in total. The van der Waals surface area contributed by atoms with Gasteiger partial charge in [-0.15, -0.1) is 0 Å². The van der Waals surface area contributed by atoms with Crippen LogP contribution in [0.15, 0.2) is 0 Å². The number of rotatable bonds is 6. The maximum atomic E-state index is 11.9. The Balaban J connectivity index is 2.29. The molecule has 0 heterocycles. The molecule has 18 heavy (non-hydrogen) atoms. The summed E-state index contributed by atoms with van der Waals surface area (Å²) in [6, 6.07) is 2.77. The lowest BCUT2D eigenvalue weighted by atomic mass is 9.88. The highest BCUT2D eigenvalue weighted by molar-refractivity contribution is 5.84. The van der Waals surface area contributed by atoms with E-state index in [9.17, 15) is 4.79 Å². The molecule has 0 radical (unpaired) electrons. The summed E-state index contributed by atoms with van der Waals surface area (Å²) in [7, 11) is 2.12. The lowest BCUT2D eigenvalue weighted by Crippen LogP contribution is -2.42. The van der Waals surface area contributed by atoms with Gasteiger partial charge in [0.05, 0.1) is 6.07 Å². The molecule has 1 atom stereocenters. The Hall–Kier alpha value is -1.08. The molecular weight excluding hydrogens is 226 g/mol. The van der Waals surface area contributed by atoms with Crippen molar-refractivity contribution in [1.82, 2.24) is 10.2 Å². The summed E-state index contributed by atoms with van der Waals surface area (Å²) in [5.74, 6) is -0.146. The quantitative estimate of drug-likeness (QED) is 0.784. The van der Waals surface area contributed by atoms with Crippen LogP contribution < -0.4 is 5.32 Å². The summed E-state index contributed by atoms with van der Waals surface area (Å²) in [6.07, 6.45) is 5.74. The molecular formula is C14H25N3O. The molecule has 1 fully saturated rings. The Morgan fingerprint density at radius 1 is 1.50 bits per heavy atom. The first-order chi connectivity index (χ1) is 8.53. The van der Waals surface area contributed by atoms with Gasteiger partial charge in [-0.25, -0.2) is 0 Å². The third-order valence-electron chi connectivity index (χ3n) is 4.15. The molecule has 0 bridgehead atoms. The van der Waals surface area contributed by atoms with Gasteiger partial charge in [0.2, 0.25) is 5.91 Å². The largest absolute Gasteiger partial charge is 0.353 e. The first kappa shape index (κ1) is 15.0. The number of hydrogen-bond acceptors (Lipinski definition) is 3. The van der Waals surface area contributed by atoms with Crippen molar-refractivity contribution < 1.29 is 4.79 Å². The summed E-state index contributed by atoms with van der Waals surface area (Å²) >= 11 is 0. The van der Waals surface area contributed by atoms with Gasteiger partial charge in [-0.2, -0.15) is 5.26 Å². The predicted molar refractivity (Wildman–Crippen MR) is 71.9 cm³/mol. The van der Waals surface area contributed by atoms with Crippen molar-refractivity contribution in [3.05, 3.63) is 0 Å². The highest BCUT2D eigenvalue weighted by Crippen LogP contribution is 2.22. The van der Waals surface area contributed by atoms with Crippen molar-refractivity contribution in [2.75, 3.05) is 20.1 Å². The molecule has 0 aromatic carbocycles. The smallest absolute Gasteiger partial charge is 0.240 e. The van der Waals surface area contributed by atoms with E-state index in [2.05, 4.69) is 23.3 Å².